The van der Waals surface area contributed by atoms with Crippen LogP contribution in [0.15, 0.2) is 57.7 Å². The summed E-state index contributed by atoms with van der Waals surface area (Å²) >= 11 is 0. The SMILES string of the molecule is Cc1ccc2c(CN3CCN(Cc4cccc(F)c4)CC3)cc(=O)oc2c1. The van der Waals surface area contributed by atoms with Gasteiger partial charge in [0.25, 0.3) is 0 Å². The van der Waals surface area contributed by atoms with Crippen LogP contribution in [-0.2, 0) is 13.1 Å². The molecule has 0 amide bonds. The van der Waals surface area contributed by atoms with Gasteiger partial charge >= 0.3 is 5.63 Å². The standard InChI is InChI=1S/C22H23FN2O2/c1-16-5-6-20-18(13-22(26)27-21(20)11-16)15-25-9-7-24(8-10-25)14-17-3-2-4-19(23)12-17/h2-6,11-13H,7-10,14-15H2,1H3. The normalized spacial score (nSPS) is 16.1. The predicted molar refractivity (Wildman–Crippen MR) is 104 cm³/mol. The van der Waals surface area contributed by atoms with Crippen LogP contribution < -0.4 is 5.63 Å². The molecule has 0 N–H and O–H groups in total. The zero-order chi connectivity index (χ0) is 18.8. The minimum absolute atomic E-state index is 0.184. The van der Waals surface area contributed by atoms with E-state index < -0.39 is 0 Å². The molecule has 27 heavy (non-hydrogen) atoms. The number of nitrogens with zero attached hydrogens (tertiary/aromatic N) is 2. The molecule has 2 heterocycles. The molecule has 0 atom stereocenters. The minimum atomic E-state index is -0.298. The molecule has 0 spiro atoms. The summed E-state index contributed by atoms with van der Waals surface area (Å²) in [6, 6.07) is 14.4. The van der Waals surface area contributed by atoms with Gasteiger partial charge in [0.15, 0.2) is 0 Å². The van der Waals surface area contributed by atoms with Crippen molar-refractivity contribution in [2.24, 2.45) is 0 Å². The van der Waals surface area contributed by atoms with E-state index in [9.17, 15) is 9.18 Å². The van der Waals surface area contributed by atoms with E-state index >= 15 is 0 Å². The molecule has 0 aliphatic carbocycles. The average molecular weight is 366 g/mol. The Balaban J connectivity index is 1.42. The molecule has 1 aromatic heterocycles. The molecular weight excluding hydrogens is 343 g/mol. The number of hydrogen-bond acceptors (Lipinski definition) is 4. The summed E-state index contributed by atoms with van der Waals surface area (Å²) in [5, 5.41) is 1.00. The van der Waals surface area contributed by atoms with Gasteiger partial charge in [-0.1, -0.05) is 24.3 Å². The first-order valence-corrected chi connectivity index (χ1v) is 9.29. The van der Waals surface area contributed by atoms with E-state index in [0.717, 1.165) is 61.3 Å². The van der Waals surface area contributed by atoms with Gasteiger partial charge in [0.1, 0.15) is 11.4 Å². The highest BCUT2D eigenvalue weighted by Crippen LogP contribution is 2.20. The first-order valence-electron chi connectivity index (χ1n) is 9.29. The lowest BCUT2D eigenvalue weighted by Crippen LogP contribution is -2.45. The largest absolute Gasteiger partial charge is 0.423 e. The molecule has 1 saturated heterocycles. The summed E-state index contributed by atoms with van der Waals surface area (Å²) in [5.74, 6) is -0.184. The van der Waals surface area contributed by atoms with E-state index in [2.05, 4.69) is 9.80 Å². The van der Waals surface area contributed by atoms with Crippen LogP contribution in [-0.4, -0.2) is 36.0 Å². The van der Waals surface area contributed by atoms with Crippen molar-refractivity contribution in [2.45, 2.75) is 20.0 Å². The van der Waals surface area contributed by atoms with E-state index in [1.807, 2.05) is 31.2 Å². The number of benzene rings is 2. The van der Waals surface area contributed by atoms with E-state index in [4.69, 9.17) is 4.42 Å². The van der Waals surface area contributed by atoms with Gasteiger partial charge in [0.05, 0.1) is 0 Å². The van der Waals surface area contributed by atoms with Crippen LogP contribution in [0.5, 0.6) is 0 Å². The van der Waals surface area contributed by atoms with Crippen molar-refractivity contribution in [3.63, 3.8) is 0 Å². The van der Waals surface area contributed by atoms with Crippen LogP contribution in [0.4, 0.5) is 4.39 Å². The maximum atomic E-state index is 13.4. The van der Waals surface area contributed by atoms with Crippen molar-refractivity contribution in [3.8, 4) is 0 Å². The zero-order valence-electron chi connectivity index (χ0n) is 15.5. The summed E-state index contributed by atoms with van der Waals surface area (Å²) in [6.45, 7) is 7.18. The van der Waals surface area contributed by atoms with Gasteiger partial charge in [-0.05, 0) is 41.8 Å². The number of fused-ring (bicyclic) bond motifs is 1. The molecule has 1 aliphatic rings. The van der Waals surface area contributed by atoms with Crippen molar-refractivity contribution >= 4 is 11.0 Å². The van der Waals surface area contributed by atoms with Crippen molar-refractivity contribution in [2.75, 3.05) is 26.2 Å². The zero-order valence-corrected chi connectivity index (χ0v) is 15.5. The van der Waals surface area contributed by atoms with Crippen LogP contribution in [0.25, 0.3) is 11.0 Å². The lowest BCUT2D eigenvalue weighted by Gasteiger charge is -2.34. The fraction of sp³-hybridized carbons (Fsp3) is 0.318. The second kappa shape index (κ2) is 7.62. The molecule has 140 valence electrons. The van der Waals surface area contributed by atoms with Gasteiger partial charge in [0.2, 0.25) is 0 Å². The second-order valence-corrected chi connectivity index (χ2v) is 7.27. The lowest BCUT2D eigenvalue weighted by molar-refractivity contribution is 0.122. The second-order valence-electron chi connectivity index (χ2n) is 7.27. The Labute approximate surface area is 157 Å². The maximum absolute atomic E-state index is 13.4. The summed E-state index contributed by atoms with van der Waals surface area (Å²) < 4.78 is 18.7. The quantitative estimate of drug-likeness (QED) is 0.662. The topological polar surface area (TPSA) is 36.7 Å². The molecule has 0 radical (unpaired) electrons. The maximum Gasteiger partial charge on any atom is 0.336 e. The van der Waals surface area contributed by atoms with Crippen molar-refractivity contribution < 1.29 is 8.81 Å². The lowest BCUT2D eigenvalue weighted by atomic mass is 10.1. The molecule has 3 aromatic rings. The Kier molecular flexibility index (Phi) is 5.05. The van der Waals surface area contributed by atoms with Gasteiger partial charge in [0, 0.05) is 50.7 Å². The Hall–Kier alpha value is -2.50. The number of rotatable bonds is 4. The Bertz CT molecular complexity index is 1010. The Morgan fingerprint density at radius 2 is 1.70 bits per heavy atom. The van der Waals surface area contributed by atoms with E-state index in [-0.39, 0.29) is 11.4 Å². The molecule has 0 bridgehead atoms. The fourth-order valence-electron chi connectivity index (χ4n) is 3.71. The van der Waals surface area contributed by atoms with E-state index in [1.54, 1.807) is 18.2 Å². The average Bonchev–Trinajstić information content (AvgIpc) is 2.63. The first kappa shape index (κ1) is 17.9. The molecule has 5 heteroatoms. The molecule has 1 aliphatic heterocycles. The highest BCUT2D eigenvalue weighted by atomic mass is 19.1. The molecule has 4 nitrogen and oxygen atoms in total. The van der Waals surface area contributed by atoms with Crippen LogP contribution in [0.1, 0.15) is 16.7 Å². The van der Waals surface area contributed by atoms with E-state index in [0.29, 0.717) is 5.58 Å². The van der Waals surface area contributed by atoms with Crippen LogP contribution in [0, 0.1) is 12.7 Å². The Morgan fingerprint density at radius 3 is 2.44 bits per heavy atom. The first-order chi connectivity index (χ1) is 13.1. The third-order valence-corrected chi connectivity index (χ3v) is 5.14. The monoisotopic (exact) mass is 366 g/mol. The van der Waals surface area contributed by atoms with Crippen molar-refractivity contribution in [1.29, 1.82) is 0 Å². The van der Waals surface area contributed by atoms with Gasteiger partial charge in [-0.25, -0.2) is 9.18 Å². The predicted octanol–water partition coefficient (Wildman–Crippen LogP) is 3.56. The molecule has 0 unspecified atom stereocenters. The molecule has 0 saturated carbocycles. The van der Waals surface area contributed by atoms with Gasteiger partial charge in [-0.3, -0.25) is 9.80 Å². The van der Waals surface area contributed by atoms with Crippen molar-refractivity contribution in [3.05, 3.63) is 81.5 Å². The fourth-order valence-corrected chi connectivity index (χ4v) is 3.71. The Morgan fingerprint density at radius 1 is 0.963 bits per heavy atom. The van der Waals surface area contributed by atoms with E-state index in [1.165, 1.54) is 6.07 Å². The third-order valence-electron chi connectivity index (χ3n) is 5.14. The van der Waals surface area contributed by atoms with Gasteiger partial charge in [-0.2, -0.15) is 0 Å². The highest BCUT2D eigenvalue weighted by Gasteiger charge is 2.18. The highest BCUT2D eigenvalue weighted by molar-refractivity contribution is 5.80. The smallest absolute Gasteiger partial charge is 0.336 e. The van der Waals surface area contributed by atoms with Gasteiger partial charge in [-0.15, -0.1) is 0 Å². The molecular formula is C22H23FN2O2. The van der Waals surface area contributed by atoms with Crippen LogP contribution in [0.2, 0.25) is 0 Å². The van der Waals surface area contributed by atoms with Gasteiger partial charge < -0.3 is 4.42 Å². The summed E-state index contributed by atoms with van der Waals surface area (Å²) in [6.07, 6.45) is 0. The number of hydrogen-bond donors (Lipinski definition) is 0. The minimum Gasteiger partial charge on any atom is -0.423 e. The molecule has 1 fully saturated rings. The summed E-state index contributed by atoms with van der Waals surface area (Å²) in [7, 11) is 0. The molecule has 2 aromatic carbocycles. The van der Waals surface area contributed by atoms with Crippen molar-refractivity contribution in [1.82, 2.24) is 9.80 Å². The van der Waals surface area contributed by atoms with Crippen LogP contribution >= 0.6 is 0 Å². The number of halogens is 1. The third kappa shape index (κ3) is 4.26. The van der Waals surface area contributed by atoms with Crippen LogP contribution in [0.3, 0.4) is 0 Å². The molecule has 4 rings (SSSR count). The number of aryl methyl sites for hydroxylation is 1. The number of piperazine rings is 1. The summed E-state index contributed by atoms with van der Waals surface area (Å²) in [5.41, 5.74) is 3.45. The summed E-state index contributed by atoms with van der Waals surface area (Å²) in [4.78, 5) is 16.6.